The fourth-order valence-corrected chi connectivity index (χ4v) is 0.490. The summed E-state index contributed by atoms with van der Waals surface area (Å²) in [5.74, 6) is 0.417. The van der Waals surface area contributed by atoms with E-state index in [1.54, 1.807) is 0 Å². The highest BCUT2D eigenvalue weighted by Crippen LogP contribution is 1.96. The van der Waals surface area contributed by atoms with E-state index in [1.165, 1.54) is 0 Å². The van der Waals surface area contributed by atoms with Crippen LogP contribution in [0.15, 0.2) is 4.99 Å². The normalized spacial score (nSPS) is 15.6. The van der Waals surface area contributed by atoms with Crippen LogP contribution in [0.2, 0.25) is 0 Å². The molecular formula is C8H17NO2. The van der Waals surface area contributed by atoms with E-state index in [4.69, 9.17) is 10.2 Å². The predicted molar refractivity (Wildman–Crippen MR) is 45.9 cm³/mol. The highest BCUT2D eigenvalue weighted by Gasteiger charge is 2.01. The third kappa shape index (κ3) is 4.93. The molecule has 0 aliphatic rings. The predicted octanol–water partition coefficient (Wildman–Crippen LogP) is 0.457. The molecule has 0 aromatic rings. The number of rotatable bonds is 4. The van der Waals surface area contributed by atoms with Gasteiger partial charge in [-0.3, -0.25) is 4.99 Å². The van der Waals surface area contributed by atoms with Crippen LogP contribution in [-0.4, -0.2) is 35.2 Å². The maximum absolute atomic E-state index is 8.93. The second-order valence-corrected chi connectivity index (χ2v) is 2.97. The van der Waals surface area contributed by atoms with Gasteiger partial charge in [0.15, 0.2) is 0 Å². The molecule has 1 atom stereocenters. The molecule has 11 heavy (non-hydrogen) atoms. The van der Waals surface area contributed by atoms with Crippen LogP contribution < -0.4 is 0 Å². The van der Waals surface area contributed by atoms with Crippen molar-refractivity contribution in [2.75, 3.05) is 13.2 Å². The van der Waals surface area contributed by atoms with Crippen LogP contribution in [0.25, 0.3) is 0 Å². The Hall–Kier alpha value is -0.410. The van der Waals surface area contributed by atoms with Gasteiger partial charge >= 0.3 is 0 Å². The Bertz CT molecular complexity index is 132. The van der Waals surface area contributed by atoms with Gasteiger partial charge in [-0.1, -0.05) is 13.8 Å². The van der Waals surface area contributed by atoms with Crippen molar-refractivity contribution in [3.8, 4) is 0 Å². The highest BCUT2D eigenvalue weighted by atomic mass is 16.3. The van der Waals surface area contributed by atoms with Crippen LogP contribution in [0.1, 0.15) is 20.8 Å². The van der Waals surface area contributed by atoms with Gasteiger partial charge in [0, 0.05) is 5.71 Å². The zero-order valence-electron chi connectivity index (χ0n) is 7.41. The lowest BCUT2D eigenvalue weighted by Gasteiger charge is -2.06. The van der Waals surface area contributed by atoms with Gasteiger partial charge in [-0.05, 0) is 12.8 Å². The van der Waals surface area contributed by atoms with E-state index < -0.39 is 6.10 Å². The average molecular weight is 159 g/mol. The molecule has 0 fully saturated rings. The summed E-state index contributed by atoms with van der Waals surface area (Å²) in [4.78, 5) is 4.10. The van der Waals surface area contributed by atoms with Crippen LogP contribution in [0.4, 0.5) is 0 Å². The van der Waals surface area contributed by atoms with E-state index in [-0.39, 0.29) is 6.61 Å². The van der Waals surface area contributed by atoms with Crippen LogP contribution in [-0.2, 0) is 0 Å². The van der Waals surface area contributed by atoms with Gasteiger partial charge in [0.1, 0.15) is 0 Å². The molecule has 0 aromatic carbocycles. The van der Waals surface area contributed by atoms with Gasteiger partial charge in [0.2, 0.25) is 0 Å². The second kappa shape index (κ2) is 5.27. The summed E-state index contributed by atoms with van der Waals surface area (Å²) in [6, 6.07) is 0. The van der Waals surface area contributed by atoms with Crippen molar-refractivity contribution < 1.29 is 10.2 Å². The van der Waals surface area contributed by atoms with Crippen molar-refractivity contribution in [2.45, 2.75) is 26.9 Å². The van der Waals surface area contributed by atoms with E-state index in [1.807, 2.05) is 20.8 Å². The number of aliphatic imine (C=N–C) groups is 1. The third-order valence-corrected chi connectivity index (χ3v) is 1.60. The zero-order valence-corrected chi connectivity index (χ0v) is 7.41. The fourth-order valence-electron chi connectivity index (χ4n) is 0.490. The van der Waals surface area contributed by atoms with Gasteiger partial charge in [-0.2, -0.15) is 0 Å². The number of nitrogens with zero attached hydrogens (tertiary/aromatic N) is 1. The van der Waals surface area contributed by atoms with Crippen molar-refractivity contribution in [2.24, 2.45) is 10.9 Å². The van der Waals surface area contributed by atoms with Gasteiger partial charge in [-0.15, -0.1) is 0 Å². The van der Waals surface area contributed by atoms with Crippen LogP contribution in [0.3, 0.4) is 0 Å². The summed E-state index contributed by atoms with van der Waals surface area (Å²) >= 11 is 0. The largest absolute Gasteiger partial charge is 0.394 e. The lowest BCUT2D eigenvalue weighted by Crippen LogP contribution is -2.17. The lowest BCUT2D eigenvalue weighted by atomic mass is 10.1. The molecule has 2 N–H and O–H groups in total. The quantitative estimate of drug-likeness (QED) is 0.585. The average Bonchev–Trinajstić information content (AvgIpc) is 1.99. The minimum absolute atomic E-state index is 0.213. The SMILES string of the molecule is CC(=NCC(O)CO)C(C)C. The maximum atomic E-state index is 8.93. The maximum Gasteiger partial charge on any atom is 0.0965 e. The molecule has 0 saturated carbocycles. The lowest BCUT2D eigenvalue weighted by molar-refractivity contribution is 0.102. The van der Waals surface area contributed by atoms with Crippen molar-refractivity contribution in [3.05, 3.63) is 0 Å². The second-order valence-electron chi connectivity index (χ2n) is 2.97. The van der Waals surface area contributed by atoms with Crippen molar-refractivity contribution in [1.82, 2.24) is 0 Å². The molecule has 0 heterocycles. The first-order chi connectivity index (χ1) is 5.07. The molecule has 0 amide bonds. The van der Waals surface area contributed by atoms with Crippen molar-refractivity contribution >= 4 is 5.71 Å². The highest BCUT2D eigenvalue weighted by molar-refractivity contribution is 5.83. The summed E-state index contributed by atoms with van der Waals surface area (Å²) < 4.78 is 0. The Balaban J connectivity index is 3.72. The standard InChI is InChI=1S/C8H17NO2/c1-6(2)7(3)9-4-8(11)5-10/h6,8,10-11H,4-5H2,1-3H3. The number of aliphatic hydroxyl groups excluding tert-OH is 2. The molecular weight excluding hydrogens is 142 g/mol. The minimum atomic E-state index is -0.705. The van der Waals surface area contributed by atoms with Gasteiger partial charge in [-0.25, -0.2) is 0 Å². The number of hydrogen-bond donors (Lipinski definition) is 2. The summed E-state index contributed by atoms with van der Waals surface area (Å²) in [6.45, 7) is 6.11. The van der Waals surface area contributed by atoms with Crippen molar-refractivity contribution in [3.63, 3.8) is 0 Å². The molecule has 0 rings (SSSR count). The summed E-state index contributed by atoms with van der Waals surface area (Å²) in [5.41, 5.74) is 1.01. The number of aliphatic hydroxyl groups is 2. The topological polar surface area (TPSA) is 52.8 Å². The van der Waals surface area contributed by atoms with Crippen LogP contribution in [0, 0.1) is 5.92 Å². The minimum Gasteiger partial charge on any atom is -0.394 e. The van der Waals surface area contributed by atoms with E-state index in [2.05, 4.69) is 4.99 Å². The molecule has 1 unspecified atom stereocenters. The molecule has 66 valence electrons. The van der Waals surface area contributed by atoms with Crippen molar-refractivity contribution in [1.29, 1.82) is 0 Å². The van der Waals surface area contributed by atoms with Gasteiger partial charge in [0.25, 0.3) is 0 Å². The Morgan fingerprint density at radius 2 is 2.00 bits per heavy atom. The molecule has 0 spiro atoms. The molecule has 0 aliphatic heterocycles. The third-order valence-electron chi connectivity index (χ3n) is 1.60. The first-order valence-electron chi connectivity index (χ1n) is 3.87. The van der Waals surface area contributed by atoms with Gasteiger partial charge in [0.05, 0.1) is 19.3 Å². The van der Waals surface area contributed by atoms with E-state index >= 15 is 0 Å². The fraction of sp³-hybridized carbons (Fsp3) is 0.875. The first kappa shape index (κ1) is 10.6. The molecule has 0 aromatic heterocycles. The Morgan fingerprint density at radius 1 is 1.45 bits per heavy atom. The Morgan fingerprint density at radius 3 is 2.36 bits per heavy atom. The summed E-state index contributed by atoms with van der Waals surface area (Å²) in [5, 5.41) is 17.4. The molecule has 0 saturated heterocycles. The number of hydrogen-bond acceptors (Lipinski definition) is 3. The Labute approximate surface area is 67.8 Å². The van der Waals surface area contributed by atoms with Crippen LogP contribution in [0.5, 0.6) is 0 Å². The van der Waals surface area contributed by atoms with E-state index in [9.17, 15) is 0 Å². The smallest absolute Gasteiger partial charge is 0.0965 e. The summed E-state index contributed by atoms with van der Waals surface area (Å²) in [7, 11) is 0. The van der Waals surface area contributed by atoms with E-state index in [0.29, 0.717) is 12.5 Å². The van der Waals surface area contributed by atoms with Gasteiger partial charge < -0.3 is 10.2 Å². The molecule has 3 nitrogen and oxygen atoms in total. The Kier molecular flexibility index (Phi) is 5.07. The molecule has 0 radical (unpaired) electrons. The monoisotopic (exact) mass is 159 g/mol. The summed E-state index contributed by atoms with van der Waals surface area (Å²) in [6.07, 6.45) is -0.705. The van der Waals surface area contributed by atoms with E-state index in [0.717, 1.165) is 5.71 Å². The molecule has 0 aliphatic carbocycles. The van der Waals surface area contributed by atoms with Crippen LogP contribution >= 0.6 is 0 Å². The zero-order chi connectivity index (χ0) is 8.85. The first-order valence-corrected chi connectivity index (χ1v) is 3.87. The molecule has 0 bridgehead atoms. The molecule has 3 heteroatoms.